The second-order valence-corrected chi connectivity index (χ2v) is 6.37. The van der Waals surface area contributed by atoms with Gasteiger partial charge in [0.25, 0.3) is 5.89 Å². The highest BCUT2D eigenvalue weighted by atomic mass is 19.1. The van der Waals surface area contributed by atoms with E-state index < -0.39 is 17.5 Å². The van der Waals surface area contributed by atoms with Crippen LogP contribution in [0, 0.1) is 29.6 Å². The third-order valence-corrected chi connectivity index (χ3v) is 4.63. The van der Waals surface area contributed by atoms with Crippen molar-refractivity contribution >= 4 is 16.6 Å². The highest BCUT2D eigenvalue weighted by Gasteiger charge is 2.24. The van der Waals surface area contributed by atoms with Gasteiger partial charge in [-0.25, -0.2) is 18.2 Å². The molecular weight excluding hydrogens is 387 g/mol. The van der Waals surface area contributed by atoms with E-state index in [1.165, 1.54) is 24.5 Å². The Morgan fingerprint density at radius 2 is 1.83 bits per heavy atom. The monoisotopic (exact) mass is 397 g/mol. The average molecular weight is 397 g/mol. The molecule has 0 bridgehead atoms. The van der Waals surface area contributed by atoms with E-state index in [0.29, 0.717) is 21.8 Å². The third-order valence-electron chi connectivity index (χ3n) is 4.63. The average Bonchev–Trinajstić information content (AvgIpc) is 3.33. The van der Waals surface area contributed by atoms with Crippen LogP contribution in [0.4, 0.5) is 13.2 Å². The van der Waals surface area contributed by atoms with Gasteiger partial charge in [-0.05, 0) is 24.3 Å². The van der Waals surface area contributed by atoms with Crippen LogP contribution in [-0.2, 0) is 0 Å². The minimum atomic E-state index is -0.839. The summed E-state index contributed by atoms with van der Waals surface area (Å²) in [6.07, 6.45) is 1.44. The lowest BCUT2D eigenvalue weighted by Crippen LogP contribution is -2.32. The summed E-state index contributed by atoms with van der Waals surface area (Å²) in [5.41, 5.74) is 1.36. The molecule has 0 fully saturated rings. The minimum absolute atomic E-state index is 0.0403. The molecule has 0 amide bonds. The summed E-state index contributed by atoms with van der Waals surface area (Å²) in [6.45, 7) is 1.55. The molecule has 0 saturated carbocycles. The number of aromatic nitrogens is 5. The van der Waals surface area contributed by atoms with Crippen molar-refractivity contribution in [2.75, 3.05) is 0 Å². The minimum Gasteiger partial charge on any atom is -0.618 e. The van der Waals surface area contributed by atoms with Gasteiger partial charge in [-0.15, -0.1) is 0 Å². The predicted molar refractivity (Wildman–Crippen MR) is 95.0 cm³/mol. The second kappa shape index (κ2) is 6.03. The first kappa shape index (κ1) is 17.2. The number of fused-ring (bicyclic) bond motifs is 3. The molecule has 29 heavy (non-hydrogen) atoms. The highest BCUT2D eigenvalue weighted by molar-refractivity contribution is 5.82. The van der Waals surface area contributed by atoms with Crippen LogP contribution in [0.5, 0.6) is 0 Å². The van der Waals surface area contributed by atoms with Crippen LogP contribution in [0.15, 0.2) is 47.2 Å². The summed E-state index contributed by atoms with van der Waals surface area (Å²) in [7, 11) is 0. The lowest BCUT2D eigenvalue weighted by atomic mass is 10.2. The molecule has 0 saturated heterocycles. The topological polar surface area (TPSA) is 83.2 Å². The molecule has 5 rings (SSSR count). The fourth-order valence-electron chi connectivity index (χ4n) is 3.27. The lowest BCUT2D eigenvalue weighted by molar-refractivity contribution is -0.583. The molecular formula is C19H10F3N5O2. The molecule has 5 aromatic rings. The van der Waals surface area contributed by atoms with Crippen molar-refractivity contribution in [1.82, 2.24) is 19.5 Å². The maximum Gasteiger partial charge on any atom is 0.279 e. The number of halogens is 3. The first-order valence-corrected chi connectivity index (χ1v) is 8.42. The number of benzene rings is 2. The van der Waals surface area contributed by atoms with Gasteiger partial charge in [-0.1, -0.05) is 5.16 Å². The zero-order chi connectivity index (χ0) is 20.3. The molecule has 0 N–H and O–H groups in total. The Kier molecular flexibility index (Phi) is 3.57. The van der Waals surface area contributed by atoms with Gasteiger partial charge in [0.1, 0.15) is 34.8 Å². The Bertz CT molecular complexity index is 1430. The second-order valence-electron chi connectivity index (χ2n) is 6.37. The molecule has 2 aromatic carbocycles. The molecule has 144 valence electrons. The van der Waals surface area contributed by atoms with Crippen LogP contribution >= 0.6 is 0 Å². The van der Waals surface area contributed by atoms with Crippen LogP contribution in [0.1, 0.15) is 5.69 Å². The molecule has 0 atom stereocenters. The summed E-state index contributed by atoms with van der Waals surface area (Å²) in [6, 6.07) is 6.83. The zero-order valence-electron chi connectivity index (χ0n) is 14.7. The van der Waals surface area contributed by atoms with Gasteiger partial charge in [0.2, 0.25) is 17.0 Å². The van der Waals surface area contributed by atoms with Crippen molar-refractivity contribution in [3.05, 3.63) is 71.1 Å². The van der Waals surface area contributed by atoms with Gasteiger partial charge in [-0.2, -0.15) is 9.71 Å². The van der Waals surface area contributed by atoms with Gasteiger partial charge < -0.3 is 9.73 Å². The van der Waals surface area contributed by atoms with Gasteiger partial charge in [-0.3, -0.25) is 4.40 Å². The fraction of sp³-hybridized carbons (Fsp3) is 0.0526. The summed E-state index contributed by atoms with van der Waals surface area (Å²) in [5, 5.41) is 16.4. The van der Waals surface area contributed by atoms with Gasteiger partial charge in [0.05, 0.1) is 5.56 Å². The summed E-state index contributed by atoms with van der Waals surface area (Å²) in [4.78, 5) is 8.39. The van der Waals surface area contributed by atoms with Crippen molar-refractivity contribution in [3.8, 4) is 23.0 Å². The zero-order valence-corrected chi connectivity index (χ0v) is 14.7. The molecule has 0 aliphatic heterocycles. The molecule has 0 spiro atoms. The maximum absolute atomic E-state index is 14.0. The predicted octanol–water partition coefficient (Wildman–Crippen LogP) is 3.56. The smallest absolute Gasteiger partial charge is 0.279 e. The number of rotatable bonds is 2. The third kappa shape index (κ3) is 2.53. The van der Waals surface area contributed by atoms with Crippen LogP contribution in [0.2, 0.25) is 0 Å². The van der Waals surface area contributed by atoms with E-state index in [0.717, 1.165) is 12.1 Å². The maximum atomic E-state index is 14.0. The van der Waals surface area contributed by atoms with E-state index >= 15 is 0 Å². The molecule has 3 aromatic heterocycles. The van der Waals surface area contributed by atoms with Crippen molar-refractivity contribution in [3.63, 3.8) is 0 Å². The van der Waals surface area contributed by atoms with E-state index in [4.69, 9.17) is 4.52 Å². The van der Waals surface area contributed by atoms with Crippen molar-refractivity contribution < 1.29 is 22.4 Å². The van der Waals surface area contributed by atoms with E-state index in [1.807, 2.05) is 0 Å². The molecule has 0 radical (unpaired) electrons. The molecule has 7 nitrogen and oxygen atoms in total. The standard InChI is InChI=1S/C19H10F3N5O2/c1-9-17-16(19-24-18(25-29-19)12-4-2-10(20)6-13(12)22)23-8-26(17)14-5-3-11(21)7-15(14)27(9)28/h2-8H,1H3. The number of nitrogens with zero attached hydrogens (tertiary/aromatic N) is 5. The van der Waals surface area contributed by atoms with Crippen LogP contribution in [0.3, 0.4) is 0 Å². The van der Waals surface area contributed by atoms with Crippen LogP contribution in [0.25, 0.3) is 39.5 Å². The largest absolute Gasteiger partial charge is 0.618 e. The molecule has 0 aliphatic rings. The Morgan fingerprint density at radius 3 is 2.62 bits per heavy atom. The molecule has 0 aliphatic carbocycles. The fourth-order valence-corrected chi connectivity index (χ4v) is 3.27. The number of imidazole rings is 1. The SMILES string of the molecule is Cc1c2c(-c3nc(-c4ccc(F)cc4F)no3)ncn2c2ccc(F)cc2[n+]1[O-]. The Hall–Kier alpha value is -3.95. The van der Waals surface area contributed by atoms with E-state index in [-0.39, 0.29) is 34.2 Å². The molecule has 10 heteroatoms. The Labute approximate surface area is 160 Å². The number of aryl methyl sites for hydroxylation is 1. The molecule has 0 unspecified atom stereocenters. The van der Waals surface area contributed by atoms with Gasteiger partial charge >= 0.3 is 0 Å². The van der Waals surface area contributed by atoms with Crippen molar-refractivity contribution in [2.24, 2.45) is 0 Å². The van der Waals surface area contributed by atoms with Gasteiger partial charge in [0, 0.05) is 19.1 Å². The highest BCUT2D eigenvalue weighted by Crippen LogP contribution is 2.29. The first-order chi connectivity index (χ1) is 13.9. The van der Waals surface area contributed by atoms with Crippen LogP contribution < -0.4 is 4.73 Å². The van der Waals surface area contributed by atoms with Crippen molar-refractivity contribution in [1.29, 1.82) is 0 Å². The van der Waals surface area contributed by atoms with Crippen LogP contribution in [-0.4, -0.2) is 19.5 Å². The van der Waals surface area contributed by atoms with E-state index in [9.17, 15) is 18.4 Å². The summed E-state index contributed by atoms with van der Waals surface area (Å²) in [5.74, 6) is -2.24. The summed E-state index contributed by atoms with van der Waals surface area (Å²) >= 11 is 0. The Morgan fingerprint density at radius 1 is 1.07 bits per heavy atom. The lowest BCUT2D eigenvalue weighted by Gasteiger charge is -2.08. The Balaban J connectivity index is 1.72. The number of hydrogen-bond donors (Lipinski definition) is 0. The normalized spacial score (nSPS) is 11.6. The first-order valence-electron chi connectivity index (χ1n) is 8.42. The molecule has 3 heterocycles. The van der Waals surface area contributed by atoms with Crippen molar-refractivity contribution in [2.45, 2.75) is 6.92 Å². The van der Waals surface area contributed by atoms with E-state index in [1.54, 1.807) is 11.3 Å². The summed E-state index contributed by atoms with van der Waals surface area (Å²) < 4.78 is 48.1. The number of hydrogen-bond acceptors (Lipinski definition) is 5. The van der Waals surface area contributed by atoms with E-state index in [2.05, 4.69) is 15.1 Å². The van der Waals surface area contributed by atoms with Gasteiger partial charge in [0.15, 0.2) is 5.69 Å². The quantitative estimate of drug-likeness (QED) is 0.336.